The molecule has 0 spiro atoms. The topological polar surface area (TPSA) is 21.6 Å². The van der Waals surface area contributed by atoms with Crippen LogP contribution in [-0.4, -0.2) is 5.71 Å². The van der Waals surface area contributed by atoms with Crippen molar-refractivity contribution in [2.45, 2.75) is 26.1 Å². The zero-order valence-corrected chi connectivity index (χ0v) is 13.8. The molecular weight excluding hydrogens is 365 g/mol. The maximum Gasteiger partial charge on any atom is 0.417 e. The van der Waals surface area contributed by atoms with Crippen LogP contribution in [-0.2, 0) is 17.6 Å². The lowest BCUT2D eigenvalue weighted by Crippen LogP contribution is -2.13. The molecule has 134 valence electrons. The number of nitrogens with zero attached hydrogens (tertiary/aromatic N) is 1. The molecule has 0 aliphatic rings. The van der Waals surface area contributed by atoms with Crippen molar-refractivity contribution in [2.24, 2.45) is 5.16 Å². The maximum absolute atomic E-state index is 13.5. The summed E-state index contributed by atoms with van der Waals surface area (Å²) in [6.45, 7) is 1.25. The van der Waals surface area contributed by atoms with E-state index in [-0.39, 0.29) is 34.9 Å². The lowest BCUT2D eigenvalue weighted by molar-refractivity contribution is -0.137. The van der Waals surface area contributed by atoms with Crippen LogP contribution in [0.5, 0.6) is 0 Å². The average molecular weight is 378 g/mol. The summed E-state index contributed by atoms with van der Waals surface area (Å²) in [5.41, 5.74) is -1.06. The van der Waals surface area contributed by atoms with Crippen molar-refractivity contribution in [3.63, 3.8) is 0 Å². The molecule has 0 bridgehead atoms. The fourth-order valence-corrected chi connectivity index (χ4v) is 2.30. The van der Waals surface area contributed by atoms with Gasteiger partial charge in [-0.2, -0.15) is 13.2 Å². The highest BCUT2D eigenvalue weighted by atomic mass is 35.5. The minimum absolute atomic E-state index is 0.0114. The molecule has 0 saturated carbocycles. The van der Waals surface area contributed by atoms with Crippen LogP contribution in [0.4, 0.5) is 22.0 Å². The van der Waals surface area contributed by atoms with Crippen molar-refractivity contribution >= 4 is 17.3 Å². The predicted molar refractivity (Wildman–Crippen MR) is 84.4 cm³/mol. The lowest BCUT2D eigenvalue weighted by atomic mass is 10.0. The monoisotopic (exact) mass is 377 g/mol. The molecular formula is C17H13ClF5NO. The van der Waals surface area contributed by atoms with E-state index in [9.17, 15) is 22.0 Å². The summed E-state index contributed by atoms with van der Waals surface area (Å²) in [4.78, 5) is 4.97. The molecule has 25 heavy (non-hydrogen) atoms. The van der Waals surface area contributed by atoms with E-state index in [4.69, 9.17) is 16.4 Å². The highest BCUT2D eigenvalue weighted by Crippen LogP contribution is 2.34. The molecule has 2 aromatic rings. The van der Waals surface area contributed by atoms with E-state index in [1.165, 1.54) is 6.07 Å². The van der Waals surface area contributed by atoms with Crippen molar-refractivity contribution in [2.75, 3.05) is 0 Å². The van der Waals surface area contributed by atoms with Crippen LogP contribution >= 0.6 is 11.6 Å². The Balaban J connectivity index is 2.27. The van der Waals surface area contributed by atoms with Gasteiger partial charge in [0, 0.05) is 22.2 Å². The van der Waals surface area contributed by atoms with Crippen LogP contribution in [0.25, 0.3) is 0 Å². The smallest absolute Gasteiger partial charge is 0.391 e. The van der Waals surface area contributed by atoms with Gasteiger partial charge in [-0.15, -0.1) is 0 Å². The Morgan fingerprint density at radius 3 is 2.44 bits per heavy atom. The van der Waals surface area contributed by atoms with Gasteiger partial charge in [0.05, 0.1) is 11.3 Å². The number of alkyl halides is 3. The van der Waals surface area contributed by atoms with E-state index < -0.39 is 23.4 Å². The molecule has 0 N–H and O–H groups in total. The largest absolute Gasteiger partial charge is 0.417 e. The van der Waals surface area contributed by atoms with Gasteiger partial charge < -0.3 is 4.84 Å². The first-order valence-electron chi connectivity index (χ1n) is 7.22. The Morgan fingerprint density at radius 2 is 1.84 bits per heavy atom. The number of rotatable bonds is 5. The fourth-order valence-electron chi connectivity index (χ4n) is 2.13. The summed E-state index contributed by atoms with van der Waals surface area (Å²) in [5.74, 6) is -1.57. The Hall–Kier alpha value is -2.15. The van der Waals surface area contributed by atoms with Gasteiger partial charge in [-0.1, -0.05) is 23.7 Å². The van der Waals surface area contributed by atoms with Crippen LogP contribution in [0.2, 0.25) is 5.02 Å². The zero-order valence-electron chi connectivity index (χ0n) is 13.0. The summed E-state index contributed by atoms with van der Waals surface area (Å²) in [5, 5.41) is 3.80. The number of halogens is 6. The Morgan fingerprint density at radius 1 is 1.12 bits per heavy atom. The Bertz CT molecular complexity index is 789. The second-order valence-electron chi connectivity index (χ2n) is 5.09. The lowest BCUT2D eigenvalue weighted by Gasteiger charge is -2.14. The van der Waals surface area contributed by atoms with Crippen LogP contribution in [0.3, 0.4) is 0 Å². The first kappa shape index (κ1) is 19.2. The van der Waals surface area contributed by atoms with E-state index in [2.05, 4.69) is 5.16 Å². The first-order chi connectivity index (χ1) is 11.7. The van der Waals surface area contributed by atoms with E-state index in [1.54, 1.807) is 6.92 Å². The average Bonchev–Trinajstić information content (AvgIpc) is 2.52. The molecule has 0 aromatic heterocycles. The van der Waals surface area contributed by atoms with Gasteiger partial charge in [-0.25, -0.2) is 8.78 Å². The molecule has 0 saturated heterocycles. The van der Waals surface area contributed by atoms with E-state index in [0.29, 0.717) is 6.07 Å². The van der Waals surface area contributed by atoms with Gasteiger partial charge >= 0.3 is 6.18 Å². The third-order valence-electron chi connectivity index (χ3n) is 3.34. The highest BCUT2D eigenvalue weighted by Gasteiger charge is 2.34. The predicted octanol–water partition coefficient (Wildman–Crippen LogP) is 5.97. The van der Waals surface area contributed by atoms with Gasteiger partial charge in [0.15, 0.2) is 0 Å². The molecule has 0 atom stereocenters. The van der Waals surface area contributed by atoms with Gasteiger partial charge in [0.2, 0.25) is 0 Å². The second kappa shape index (κ2) is 7.82. The first-order valence-corrected chi connectivity index (χ1v) is 7.60. The third-order valence-corrected chi connectivity index (χ3v) is 3.58. The number of hydrogen-bond acceptors (Lipinski definition) is 2. The molecule has 0 unspecified atom stereocenters. The fraction of sp³-hybridized carbons (Fsp3) is 0.235. The highest BCUT2D eigenvalue weighted by molar-refractivity contribution is 6.31. The minimum Gasteiger partial charge on any atom is -0.391 e. The van der Waals surface area contributed by atoms with Crippen LogP contribution in [0.1, 0.15) is 30.0 Å². The normalized spacial score (nSPS) is 12.4. The third kappa shape index (κ3) is 4.92. The van der Waals surface area contributed by atoms with E-state index >= 15 is 0 Å². The van der Waals surface area contributed by atoms with Crippen molar-refractivity contribution in [1.82, 2.24) is 0 Å². The van der Waals surface area contributed by atoms with Gasteiger partial charge in [-0.05, 0) is 36.8 Å². The Labute approximate surface area is 145 Å². The maximum atomic E-state index is 13.5. The van der Waals surface area contributed by atoms with Crippen molar-refractivity contribution < 1.29 is 26.8 Å². The summed E-state index contributed by atoms with van der Waals surface area (Å²) in [6, 6.07) is 6.05. The van der Waals surface area contributed by atoms with E-state index in [0.717, 1.165) is 24.3 Å². The van der Waals surface area contributed by atoms with Crippen LogP contribution < -0.4 is 0 Å². The van der Waals surface area contributed by atoms with Crippen molar-refractivity contribution in [1.29, 1.82) is 0 Å². The van der Waals surface area contributed by atoms with E-state index in [1.807, 2.05) is 0 Å². The van der Waals surface area contributed by atoms with Crippen molar-refractivity contribution in [3.05, 3.63) is 69.7 Å². The molecule has 0 aliphatic heterocycles. The molecule has 0 amide bonds. The number of oxime groups is 1. The van der Waals surface area contributed by atoms with Gasteiger partial charge in [0.25, 0.3) is 0 Å². The quantitative estimate of drug-likeness (QED) is 0.357. The molecule has 8 heteroatoms. The SMILES string of the molecule is CCC(=NOCc1ccc(F)cc1F)c1cc(Cl)ccc1C(F)(F)F. The summed E-state index contributed by atoms with van der Waals surface area (Å²) in [6.07, 6.45) is -4.45. The standard InChI is InChI=1S/C17H13ClF5NO/c1-2-16(13-7-11(18)4-6-14(13)17(21,22)23)24-25-9-10-3-5-12(19)8-15(10)20/h3-8H,2,9H2,1H3. The molecule has 0 radical (unpaired) electrons. The van der Waals surface area contributed by atoms with Gasteiger partial charge in [0.1, 0.15) is 18.2 Å². The number of benzene rings is 2. The van der Waals surface area contributed by atoms with Crippen LogP contribution in [0.15, 0.2) is 41.6 Å². The molecule has 0 aliphatic carbocycles. The summed E-state index contributed by atoms with van der Waals surface area (Å²) < 4.78 is 65.8. The molecule has 0 heterocycles. The second-order valence-corrected chi connectivity index (χ2v) is 5.52. The van der Waals surface area contributed by atoms with Crippen molar-refractivity contribution in [3.8, 4) is 0 Å². The number of hydrogen-bond donors (Lipinski definition) is 0. The minimum atomic E-state index is -4.58. The molecule has 2 nitrogen and oxygen atoms in total. The molecule has 2 rings (SSSR count). The molecule has 2 aromatic carbocycles. The van der Waals surface area contributed by atoms with Gasteiger partial charge in [-0.3, -0.25) is 0 Å². The zero-order chi connectivity index (χ0) is 18.6. The summed E-state index contributed by atoms with van der Waals surface area (Å²) >= 11 is 5.79. The molecule has 0 fully saturated rings. The Kier molecular flexibility index (Phi) is 6.00. The summed E-state index contributed by atoms with van der Waals surface area (Å²) in [7, 11) is 0. The van der Waals surface area contributed by atoms with Crippen LogP contribution in [0, 0.1) is 11.6 Å².